The average Bonchev–Trinajstić information content (AvgIpc) is 3.57. The summed E-state index contributed by atoms with van der Waals surface area (Å²) in [4.78, 5) is 29.9. The number of hydrogen-bond donors (Lipinski definition) is 1. The van der Waals surface area contributed by atoms with Gasteiger partial charge in [0.2, 0.25) is 5.91 Å². The van der Waals surface area contributed by atoms with Crippen LogP contribution < -0.4 is 19.5 Å². The van der Waals surface area contributed by atoms with Crippen molar-refractivity contribution in [3.63, 3.8) is 0 Å². The smallest absolute Gasteiger partial charge is 0.262 e. The van der Waals surface area contributed by atoms with Gasteiger partial charge in [-0.2, -0.15) is 10.1 Å². The molecule has 2 aliphatic heterocycles. The van der Waals surface area contributed by atoms with E-state index in [2.05, 4.69) is 10.3 Å². The first-order chi connectivity index (χ1) is 19.0. The highest BCUT2D eigenvalue weighted by molar-refractivity contribution is 8.15. The van der Waals surface area contributed by atoms with Crippen LogP contribution in [0.15, 0.2) is 82.9 Å². The molecular formula is C29H28N4O5S. The lowest BCUT2D eigenvalue weighted by atomic mass is 9.98. The van der Waals surface area contributed by atoms with E-state index < -0.39 is 5.25 Å². The molecule has 0 aromatic heterocycles. The first-order valence-electron chi connectivity index (χ1n) is 12.4. The van der Waals surface area contributed by atoms with E-state index >= 15 is 0 Å². The summed E-state index contributed by atoms with van der Waals surface area (Å²) in [7, 11) is 4.83. The minimum atomic E-state index is -0.633. The summed E-state index contributed by atoms with van der Waals surface area (Å²) in [5.41, 5.74) is 3.42. The second-order valence-electron chi connectivity index (χ2n) is 8.94. The van der Waals surface area contributed by atoms with E-state index in [9.17, 15) is 9.59 Å². The Morgan fingerprint density at radius 1 is 0.949 bits per heavy atom. The number of benzene rings is 3. The Kier molecular flexibility index (Phi) is 7.83. The van der Waals surface area contributed by atoms with Crippen molar-refractivity contribution < 1.29 is 23.8 Å². The van der Waals surface area contributed by atoms with Gasteiger partial charge in [-0.3, -0.25) is 9.59 Å². The maximum atomic E-state index is 12.9. The Labute approximate surface area is 230 Å². The van der Waals surface area contributed by atoms with Crippen molar-refractivity contribution in [2.45, 2.75) is 24.1 Å². The van der Waals surface area contributed by atoms with Gasteiger partial charge in [0.15, 0.2) is 5.17 Å². The number of thioether (sulfide) groups is 1. The molecule has 2 atom stereocenters. The fourth-order valence-corrected chi connectivity index (χ4v) is 5.47. The number of hydrazone groups is 1. The molecule has 0 spiro atoms. The number of aliphatic imine (C=N–C) groups is 1. The summed E-state index contributed by atoms with van der Waals surface area (Å²) in [6.07, 6.45) is 0.603. The van der Waals surface area contributed by atoms with E-state index in [-0.39, 0.29) is 24.3 Å². The summed E-state index contributed by atoms with van der Waals surface area (Å²) >= 11 is 1.26. The minimum Gasteiger partial charge on any atom is -0.497 e. The molecule has 0 saturated carbocycles. The van der Waals surface area contributed by atoms with Gasteiger partial charge in [0.1, 0.15) is 22.5 Å². The predicted octanol–water partition coefficient (Wildman–Crippen LogP) is 4.89. The van der Waals surface area contributed by atoms with Crippen molar-refractivity contribution >= 4 is 40.1 Å². The molecule has 200 valence electrons. The standard InChI is InChI=1S/C29H28N4O5S/c1-36-21-11-7-18(8-12-21)25-16-24(19-5-4-6-23(15-19)38-3)32-33(25)29-31-28(35)26(39-29)17-27(34)30-20-9-13-22(37-2)14-10-20/h4-15,25-26H,16-17H2,1-3H3,(H,30,34). The van der Waals surface area contributed by atoms with Crippen LogP contribution in [0.4, 0.5) is 5.69 Å². The topological polar surface area (TPSA) is 102 Å². The van der Waals surface area contributed by atoms with Gasteiger partial charge < -0.3 is 19.5 Å². The molecule has 9 nitrogen and oxygen atoms in total. The zero-order valence-electron chi connectivity index (χ0n) is 21.8. The van der Waals surface area contributed by atoms with E-state index in [1.54, 1.807) is 50.6 Å². The van der Waals surface area contributed by atoms with Crippen LogP contribution in [0.25, 0.3) is 0 Å². The summed E-state index contributed by atoms with van der Waals surface area (Å²) in [6.45, 7) is 0. The number of amidine groups is 1. The number of hydrogen-bond acceptors (Lipinski definition) is 8. The average molecular weight is 545 g/mol. The van der Waals surface area contributed by atoms with Crippen LogP contribution in [0.1, 0.15) is 30.0 Å². The van der Waals surface area contributed by atoms with Gasteiger partial charge in [0.05, 0.1) is 33.1 Å². The Hall–Kier alpha value is -4.31. The second-order valence-corrected chi connectivity index (χ2v) is 10.1. The third-order valence-corrected chi connectivity index (χ3v) is 7.63. The van der Waals surface area contributed by atoms with Crippen molar-refractivity contribution in [3.8, 4) is 17.2 Å². The molecule has 1 N–H and O–H groups in total. The number of carbonyl (C=O) groups excluding carboxylic acids is 2. The number of nitrogens with zero attached hydrogens (tertiary/aromatic N) is 3. The van der Waals surface area contributed by atoms with Crippen LogP contribution in [0, 0.1) is 0 Å². The molecular weight excluding hydrogens is 516 g/mol. The van der Waals surface area contributed by atoms with Crippen LogP contribution in [0.2, 0.25) is 0 Å². The number of rotatable bonds is 8. The zero-order valence-corrected chi connectivity index (χ0v) is 22.6. The van der Waals surface area contributed by atoms with Gasteiger partial charge >= 0.3 is 0 Å². The summed E-state index contributed by atoms with van der Waals surface area (Å²) < 4.78 is 15.9. The Bertz CT molecular complexity index is 1420. The lowest BCUT2D eigenvalue weighted by Crippen LogP contribution is -2.25. The number of amides is 2. The quantitative estimate of drug-likeness (QED) is 0.431. The summed E-state index contributed by atoms with van der Waals surface area (Å²) in [6, 6.07) is 22.4. The molecule has 2 unspecified atom stereocenters. The van der Waals surface area contributed by atoms with Crippen molar-refractivity contribution in [2.24, 2.45) is 10.1 Å². The molecule has 3 aromatic rings. The highest BCUT2D eigenvalue weighted by Crippen LogP contribution is 2.39. The minimum absolute atomic E-state index is 0.00394. The van der Waals surface area contributed by atoms with Crippen LogP contribution in [-0.2, 0) is 9.59 Å². The normalized spacial score (nSPS) is 18.4. The fraction of sp³-hybridized carbons (Fsp3) is 0.241. The first kappa shape index (κ1) is 26.3. The molecule has 39 heavy (non-hydrogen) atoms. The van der Waals surface area contributed by atoms with Crippen molar-refractivity contribution in [2.75, 3.05) is 26.6 Å². The number of ether oxygens (including phenoxy) is 3. The Morgan fingerprint density at radius 2 is 1.62 bits per heavy atom. The SMILES string of the molecule is COc1ccc(NC(=O)CC2SC(N3N=C(c4cccc(OC)c4)CC3c3ccc(OC)cc3)=NC2=O)cc1. The summed E-state index contributed by atoms with van der Waals surface area (Å²) in [5, 5.41) is 9.36. The lowest BCUT2D eigenvalue weighted by molar-refractivity contribution is -0.121. The molecule has 3 aromatic carbocycles. The third kappa shape index (κ3) is 5.91. The van der Waals surface area contributed by atoms with Gasteiger partial charge in [0, 0.05) is 24.1 Å². The van der Waals surface area contributed by atoms with Crippen molar-refractivity contribution in [1.82, 2.24) is 5.01 Å². The molecule has 5 rings (SSSR count). The van der Waals surface area contributed by atoms with Crippen LogP contribution in [0.5, 0.6) is 17.2 Å². The van der Waals surface area contributed by atoms with Gasteiger partial charge in [-0.25, -0.2) is 5.01 Å². The second kappa shape index (κ2) is 11.6. The zero-order chi connectivity index (χ0) is 27.4. The first-order valence-corrected chi connectivity index (χ1v) is 13.2. The number of anilines is 1. The van der Waals surface area contributed by atoms with Gasteiger partial charge in [-0.1, -0.05) is 36.0 Å². The fourth-order valence-electron chi connectivity index (χ4n) is 4.41. The highest BCUT2D eigenvalue weighted by atomic mass is 32.2. The summed E-state index contributed by atoms with van der Waals surface area (Å²) in [5.74, 6) is 1.57. The number of carbonyl (C=O) groups is 2. The third-order valence-electron chi connectivity index (χ3n) is 6.48. The molecule has 10 heteroatoms. The maximum absolute atomic E-state index is 12.9. The van der Waals surface area contributed by atoms with Crippen LogP contribution in [0.3, 0.4) is 0 Å². The van der Waals surface area contributed by atoms with Gasteiger partial charge in [-0.05, 0) is 54.1 Å². The molecule has 0 fully saturated rings. The monoisotopic (exact) mass is 544 g/mol. The Balaban J connectivity index is 1.34. The van der Waals surface area contributed by atoms with Gasteiger partial charge in [0.25, 0.3) is 5.91 Å². The van der Waals surface area contributed by atoms with E-state index in [0.717, 1.165) is 28.3 Å². The molecule has 2 aliphatic rings. The maximum Gasteiger partial charge on any atom is 0.262 e. The Morgan fingerprint density at radius 3 is 2.28 bits per heavy atom. The largest absolute Gasteiger partial charge is 0.497 e. The molecule has 0 aliphatic carbocycles. The lowest BCUT2D eigenvalue weighted by Gasteiger charge is -2.23. The van der Waals surface area contributed by atoms with Crippen LogP contribution in [-0.4, -0.2) is 54.3 Å². The molecule has 0 saturated heterocycles. The predicted molar refractivity (Wildman–Crippen MR) is 152 cm³/mol. The number of nitrogens with one attached hydrogen (secondary N) is 1. The molecule has 2 heterocycles. The van der Waals surface area contributed by atoms with E-state index in [0.29, 0.717) is 23.0 Å². The van der Waals surface area contributed by atoms with E-state index in [1.807, 2.05) is 48.5 Å². The van der Waals surface area contributed by atoms with E-state index in [4.69, 9.17) is 19.3 Å². The van der Waals surface area contributed by atoms with Crippen molar-refractivity contribution in [1.29, 1.82) is 0 Å². The highest BCUT2D eigenvalue weighted by Gasteiger charge is 2.39. The van der Waals surface area contributed by atoms with E-state index in [1.165, 1.54) is 11.8 Å². The molecule has 2 amide bonds. The molecule has 0 bridgehead atoms. The van der Waals surface area contributed by atoms with Crippen LogP contribution >= 0.6 is 11.8 Å². The molecule has 0 radical (unpaired) electrons. The number of methoxy groups -OCH3 is 3. The van der Waals surface area contributed by atoms with Crippen molar-refractivity contribution in [3.05, 3.63) is 83.9 Å². The van der Waals surface area contributed by atoms with Gasteiger partial charge in [-0.15, -0.1) is 0 Å².